The molecule has 0 saturated heterocycles. The predicted octanol–water partition coefficient (Wildman–Crippen LogP) is 2.93. The molecule has 0 atom stereocenters. The summed E-state index contributed by atoms with van der Waals surface area (Å²) in [5.41, 5.74) is 0.368. The molecule has 0 saturated carbocycles. The molecule has 0 aliphatic rings. The molecule has 0 amide bonds. The number of nitro benzene ring substituents is 1. The molecule has 128 valence electrons. The molecule has 3 aromatic rings. The van der Waals surface area contributed by atoms with Crippen molar-refractivity contribution in [3.8, 4) is 5.75 Å². The molecule has 2 N–H and O–H groups in total. The van der Waals surface area contributed by atoms with Gasteiger partial charge in [-0.15, -0.1) is 0 Å². The highest BCUT2D eigenvalue weighted by molar-refractivity contribution is 7.89. The van der Waals surface area contributed by atoms with Crippen LogP contribution in [0.5, 0.6) is 5.75 Å². The number of benzene rings is 3. The molecule has 0 aliphatic carbocycles. The second kappa shape index (κ2) is 6.50. The first-order valence-corrected chi connectivity index (χ1v) is 8.80. The second-order valence-electron chi connectivity index (χ2n) is 5.38. The van der Waals surface area contributed by atoms with E-state index in [4.69, 9.17) is 0 Å². The van der Waals surface area contributed by atoms with Crippen LogP contribution in [-0.2, 0) is 16.6 Å². The van der Waals surface area contributed by atoms with E-state index in [1.807, 2.05) is 0 Å². The molecule has 0 unspecified atom stereocenters. The van der Waals surface area contributed by atoms with Gasteiger partial charge in [-0.3, -0.25) is 10.1 Å². The van der Waals surface area contributed by atoms with Crippen molar-refractivity contribution in [2.24, 2.45) is 0 Å². The number of hydrogen-bond acceptors (Lipinski definition) is 5. The molecule has 0 aromatic heterocycles. The quantitative estimate of drug-likeness (QED) is 0.538. The summed E-state index contributed by atoms with van der Waals surface area (Å²) in [6.07, 6.45) is 0. The first-order chi connectivity index (χ1) is 11.9. The number of nitro groups is 1. The Kier molecular flexibility index (Phi) is 4.39. The summed E-state index contributed by atoms with van der Waals surface area (Å²) < 4.78 is 27.7. The summed E-state index contributed by atoms with van der Waals surface area (Å²) in [7, 11) is -3.87. The van der Waals surface area contributed by atoms with Crippen LogP contribution in [0.4, 0.5) is 5.69 Å². The zero-order chi connectivity index (χ0) is 18.0. The van der Waals surface area contributed by atoms with Crippen molar-refractivity contribution in [3.05, 3.63) is 76.3 Å². The third kappa shape index (κ3) is 3.44. The van der Waals surface area contributed by atoms with Gasteiger partial charge in [0.25, 0.3) is 5.69 Å². The third-order valence-electron chi connectivity index (χ3n) is 3.74. The molecule has 0 heterocycles. The molecular formula is C17H14N2O5S. The number of sulfonamides is 1. The van der Waals surface area contributed by atoms with E-state index in [9.17, 15) is 23.6 Å². The molecular weight excluding hydrogens is 344 g/mol. The lowest BCUT2D eigenvalue weighted by atomic mass is 10.1. The minimum absolute atomic E-state index is 0.00626. The van der Waals surface area contributed by atoms with Crippen LogP contribution in [-0.4, -0.2) is 18.4 Å². The lowest BCUT2D eigenvalue weighted by molar-refractivity contribution is -0.384. The largest absolute Gasteiger partial charge is 0.507 e. The number of aromatic hydroxyl groups is 1. The number of phenols is 1. The Morgan fingerprint density at radius 2 is 1.68 bits per heavy atom. The van der Waals surface area contributed by atoms with E-state index in [2.05, 4.69) is 4.72 Å². The van der Waals surface area contributed by atoms with E-state index in [0.29, 0.717) is 16.3 Å². The van der Waals surface area contributed by atoms with Crippen LogP contribution < -0.4 is 4.72 Å². The lowest BCUT2D eigenvalue weighted by Crippen LogP contribution is -2.23. The SMILES string of the molecule is O=[N+]([O-])c1cccc(CNS(=O)(=O)c2cccc3c(O)cccc23)c1. The summed E-state index contributed by atoms with van der Waals surface area (Å²) in [6.45, 7) is -0.0841. The van der Waals surface area contributed by atoms with Gasteiger partial charge in [-0.1, -0.05) is 36.4 Å². The van der Waals surface area contributed by atoms with Gasteiger partial charge in [0.05, 0.1) is 9.82 Å². The van der Waals surface area contributed by atoms with Crippen LogP contribution >= 0.6 is 0 Å². The maximum absolute atomic E-state index is 12.6. The fourth-order valence-corrected chi connectivity index (χ4v) is 3.77. The van der Waals surface area contributed by atoms with Crippen molar-refractivity contribution in [1.82, 2.24) is 4.72 Å². The van der Waals surface area contributed by atoms with Crippen LogP contribution in [0.15, 0.2) is 65.6 Å². The highest BCUT2D eigenvalue weighted by Gasteiger charge is 2.18. The molecule has 25 heavy (non-hydrogen) atoms. The van der Waals surface area contributed by atoms with Crippen LogP contribution in [0.2, 0.25) is 0 Å². The highest BCUT2D eigenvalue weighted by Crippen LogP contribution is 2.29. The first kappa shape index (κ1) is 16.9. The Morgan fingerprint density at radius 1 is 1.00 bits per heavy atom. The van der Waals surface area contributed by atoms with Crippen molar-refractivity contribution in [2.45, 2.75) is 11.4 Å². The Morgan fingerprint density at radius 3 is 2.44 bits per heavy atom. The minimum Gasteiger partial charge on any atom is -0.507 e. The van der Waals surface area contributed by atoms with Gasteiger partial charge in [-0.2, -0.15) is 0 Å². The van der Waals surface area contributed by atoms with E-state index in [1.54, 1.807) is 30.3 Å². The van der Waals surface area contributed by atoms with Crippen LogP contribution in [0.1, 0.15) is 5.56 Å². The lowest BCUT2D eigenvalue weighted by Gasteiger charge is -2.10. The van der Waals surface area contributed by atoms with Crippen molar-refractivity contribution in [2.75, 3.05) is 0 Å². The monoisotopic (exact) mass is 358 g/mol. The fraction of sp³-hybridized carbons (Fsp3) is 0.0588. The number of phenolic OH excluding ortho intramolecular Hbond substituents is 1. The summed E-state index contributed by atoms with van der Waals surface area (Å²) in [6, 6.07) is 15.0. The second-order valence-corrected chi connectivity index (χ2v) is 7.12. The number of hydrogen-bond donors (Lipinski definition) is 2. The van der Waals surface area contributed by atoms with Gasteiger partial charge in [0, 0.05) is 29.4 Å². The average molecular weight is 358 g/mol. The third-order valence-corrected chi connectivity index (χ3v) is 5.20. The highest BCUT2D eigenvalue weighted by atomic mass is 32.2. The molecule has 3 aromatic carbocycles. The minimum atomic E-state index is -3.87. The smallest absolute Gasteiger partial charge is 0.269 e. The molecule has 8 heteroatoms. The van der Waals surface area contributed by atoms with Crippen molar-refractivity contribution < 1.29 is 18.4 Å². The summed E-state index contributed by atoms with van der Waals surface area (Å²) >= 11 is 0. The van der Waals surface area contributed by atoms with E-state index >= 15 is 0 Å². The maximum atomic E-state index is 12.6. The van der Waals surface area contributed by atoms with Crippen molar-refractivity contribution >= 4 is 26.5 Å². The topological polar surface area (TPSA) is 110 Å². The van der Waals surface area contributed by atoms with Crippen LogP contribution in [0.3, 0.4) is 0 Å². The molecule has 0 bridgehead atoms. The molecule has 0 aliphatic heterocycles. The van der Waals surface area contributed by atoms with Crippen LogP contribution in [0.25, 0.3) is 10.8 Å². The predicted molar refractivity (Wildman–Crippen MR) is 92.7 cm³/mol. The summed E-state index contributed by atoms with van der Waals surface area (Å²) in [5, 5.41) is 21.5. The number of fused-ring (bicyclic) bond motifs is 1. The van der Waals surface area contributed by atoms with E-state index in [-0.39, 0.29) is 22.9 Å². The average Bonchev–Trinajstić information content (AvgIpc) is 2.60. The number of non-ortho nitro benzene ring substituents is 1. The Balaban J connectivity index is 1.92. The van der Waals surface area contributed by atoms with Crippen LogP contribution in [0, 0.1) is 10.1 Å². The zero-order valence-corrected chi connectivity index (χ0v) is 13.7. The fourth-order valence-electron chi connectivity index (χ4n) is 2.53. The molecule has 3 rings (SSSR count). The van der Waals surface area contributed by atoms with Gasteiger partial charge >= 0.3 is 0 Å². The van der Waals surface area contributed by atoms with Gasteiger partial charge < -0.3 is 5.11 Å². The Hall–Kier alpha value is -2.97. The van der Waals surface area contributed by atoms with E-state index in [1.165, 1.54) is 30.3 Å². The first-order valence-electron chi connectivity index (χ1n) is 7.32. The zero-order valence-electron chi connectivity index (χ0n) is 12.9. The van der Waals surface area contributed by atoms with Gasteiger partial charge in [-0.05, 0) is 17.7 Å². The summed E-state index contributed by atoms with van der Waals surface area (Å²) in [5.74, 6) is -0.00626. The number of nitrogens with zero attached hydrogens (tertiary/aromatic N) is 1. The molecule has 0 spiro atoms. The number of rotatable bonds is 5. The van der Waals surface area contributed by atoms with Crippen molar-refractivity contribution in [1.29, 1.82) is 0 Å². The van der Waals surface area contributed by atoms with Gasteiger partial charge in [0.15, 0.2) is 0 Å². The molecule has 0 fully saturated rings. The van der Waals surface area contributed by atoms with Gasteiger partial charge in [0.1, 0.15) is 5.75 Å². The number of nitrogens with one attached hydrogen (secondary N) is 1. The van der Waals surface area contributed by atoms with Crippen molar-refractivity contribution in [3.63, 3.8) is 0 Å². The summed E-state index contributed by atoms with van der Waals surface area (Å²) in [4.78, 5) is 10.3. The standard InChI is InChI=1S/C17H14N2O5S/c20-16-8-2-7-15-14(16)6-3-9-17(15)25(23,24)18-11-12-4-1-5-13(10-12)19(21)22/h1-10,18,20H,11H2. The van der Waals surface area contributed by atoms with Gasteiger partial charge in [-0.25, -0.2) is 13.1 Å². The van der Waals surface area contributed by atoms with E-state index in [0.717, 1.165) is 0 Å². The molecule has 0 radical (unpaired) electrons. The Labute approximate surface area is 143 Å². The Bertz CT molecular complexity index is 1060. The van der Waals surface area contributed by atoms with Gasteiger partial charge in [0.2, 0.25) is 10.0 Å². The van der Waals surface area contributed by atoms with E-state index < -0.39 is 14.9 Å². The molecule has 7 nitrogen and oxygen atoms in total. The normalized spacial score (nSPS) is 11.5. The maximum Gasteiger partial charge on any atom is 0.269 e.